The monoisotopic (exact) mass is 1420 g/mol. The predicted octanol–water partition coefficient (Wildman–Crippen LogP) is 9.57. The standard InChI is InChI=1S/C76H140N2O21/c1-4-6-8-10-12-14-16-18-20-22-24-26-27-28-29-30-32-34-36-38-40-42-44-46-48-50-63(86)78-57(58(83)49-47-45-43-41-39-37-35-33-31-25-23-21-19-17-15-13-11-9-7-5-2)55-94-73-68(90)67(89)70(62(54-81)96-73)97-74-69(91)72(66(88)61(53-80)95-74)99-76(75(92)93)51-59(84)64(77-56(3)82)71(98-76)65(87)60(85)52-79/h24,26,28-29,57-62,64-74,79-81,83-85,87-91H,4-23,25,27,30-55H2,1-3H3,(H,77,82)(H,78,86)(H,92,93)/b26-24-,29-28-. The second kappa shape index (κ2) is 55.7. The minimum atomic E-state index is -3.08. The highest BCUT2D eigenvalue weighted by Crippen LogP contribution is 2.39. The molecule has 0 aromatic rings. The van der Waals surface area contributed by atoms with Gasteiger partial charge in [-0.1, -0.05) is 263 Å². The lowest BCUT2D eigenvalue weighted by atomic mass is 9.88. The lowest BCUT2D eigenvalue weighted by Gasteiger charge is -2.50. The Balaban J connectivity index is 1.53. The largest absolute Gasteiger partial charge is 0.477 e. The van der Waals surface area contributed by atoms with Gasteiger partial charge in [-0.25, -0.2) is 4.79 Å². The van der Waals surface area contributed by atoms with Crippen molar-refractivity contribution in [1.82, 2.24) is 10.6 Å². The quantitative estimate of drug-likeness (QED) is 0.0199. The Labute approximate surface area is 594 Å². The molecule has 23 heteroatoms. The number of ether oxygens (including phenoxy) is 6. The SMILES string of the molecule is CCCCCCCCCCC/C=C\C/C=C\CCCCCCCCCCCC(=O)NC(COC1OC(CO)C(OC2OC(CO)C(O)C(OC3(C(=O)O)CC(O)C(NC(C)=O)C(C(O)C(O)CO)O3)C2O)C(O)C1O)C(O)CCCCCCCCCCCCCCCCCCCCCC. The summed E-state index contributed by atoms with van der Waals surface area (Å²) in [7, 11) is 0. The summed E-state index contributed by atoms with van der Waals surface area (Å²) in [6, 6.07) is -2.53. The molecule has 3 saturated heterocycles. The maximum Gasteiger partial charge on any atom is 0.364 e. The molecule has 3 fully saturated rings. The smallest absolute Gasteiger partial charge is 0.364 e. The highest BCUT2D eigenvalue weighted by atomic mass is 16.8. The fourth-order valence-corrected chi connectivity index (χ4v) is 13.7. The van der Waals surface area contributed by atoms with Gasteiger partial charge in [0.05, 0.1) is 50.7 Å². The molecule has 18 unspecified atom stereocenters. The molecule has 0 spiro atoms. The van der Waals surface area contributed by atoms with E-state index in [-0.39, 0.29) is 18.9 Å². The van der Waals surface area contributed by atoms with E-state index in [4.69, 9.17) is 28.4 Å². The van der Waals surface area contributed by atoms with Crippen molar-refractivity contribution in [2.45, 2.75) is 413 Å². The summed E-state index contributed by atoms with van der Waals surface area (Å²) < 4.78 is 35.0. The van der Waals surface area contributed by atoms with Gasteiger partial charge in [0.1, 0.15) is 67.1 Å². The number of hydrogen-bond donors (Lipinski definition) is 14. The van der Waals surface area contributed by atoms with Crippen molar-refractivity contribution in [3.63, 3.8) is 0 Å². The fraction of sp³-hybridized carbons (Fsp3) is 0.908. The van der Waals surface area contributed by atoms with Crippen LogP contribution in [0.25, 0.3) is 0 Å². The van der Waals surface area contributed by atoms with Crippen LogP contribution in [-0.4, -0.2) is 215 Å². The number of carboxylic acids is 1. The van der Waals surface area contributed by atoms with Crippen molar-refractivity contribution < 1.29 is 104 Å². The fourth-order valence-electron chi connectivity index (χ4n) is 13.7. The number of allylic oxidation sites excluding steroid dienone is 4. The highest BCUT2D eigenvalue weighted by molar-refractivity contribution is 5.77. The molecule has 99 heavy (non-hydrogen) atoms. The van der Waals surface area contributed by atoms with E-state index >= 15 is 0 Å². The number of carbonyl (C=O) groups is 3. The zero-order valence-corrected chi connectivity index (χ0v) is 61.1. The van der Waals surface area contributed by atoms with Gasteiger partial charge in [0.15, 0.2) is 12.6 Å². The Kier molecular flexibility index (Phi) is 50.8. The summed E-state index contributed by atoms with van der Waals surface area (Å²) in [5.74, 6) is -6.10. The number of hydrogen-bond acceptors (Lipinski definition) is 20. The third-order valence-electron chi connectivity index (χ3n) is 19.9. The van der Waals surface area contributed by atoms with Gasteiger partial charge in [-0.15, -0.1) is 0 Å². The molecule has 18 atom stereocenters. The summed E-state index contributed by atoms with van der Waals surface area (Å²) >= 11 is 0. The van der Waals surface area contributed by atoms with Gasteiger partial charge in [0, 0.05) is 19.8 Å². The van der Waals surface area contributed by atoms with Crippen LogP contribution < -0.4 is 10.6 Å². The van der Waals surface area contributed by atoms with Gasteiger partial charge in [0.2, 0.25) is 11.8 Å². The van der Waals surface area contributed by atoms with E-state index in [1.54, 1.807) is 0 Å². The first kappa shape index (κ1) is 90.4. The van der Waals surface area contributed by atoms with Crippen LogP contribution in [0, 0.1) is 0 Å². The molecule has 3 aliphatic rings. The molecule has 23 nitrogen and oxygen atoms in total. The number of aliphatic hydroxyl groups excluding tert-OH is 11. The van der Waals surface area contributed by atoms with Crippen LogP contribution in [0.2, 0.25) is 0 Å². The topological polar surface area (TPSA) is 373 Å². The van der Waals surface area contributed by atoms with Crippen LogP contribution in [-0.2, 0) is 42.8 Å². The molecule has 0 saturated carbocycles. The maximum atomic E-state index is 13.5. The van der Waals surface area contributed by atoms with Crippen LogP contribution in [0.5, 0.6) is 0 Å². The van der Waals surface area contributed by atoms with Crippen LogP contribution in [0.1, 0.15) is 303 Å². The van der Waals surface area contributed by atoms with Crippen molar-refractivity contribution in [2.75, 3.05) is 26.4 Å². The lowest BCUT2D eigenvalue weighted by molar-refractivity contribution is -0.386. The third-order valence-corrected chi connectivity index (χ3v) is 19.9. The average Bonchev–Trinajstić information content (AvgIpc) is 0.757. The maximum absolute atomic E-state index is 13.5. The number of carboxylic acid groups (broad SMARTS) is 1. The van der Waals surface area contributed by atoms with Crippen LogP contribution in [0.3, 0.4) is 0 Å². The average molecular weight is 1420 g/mol. The molecule has 2 amide bonds. The van der Waals surface area contributed by atoms with Crippen molar-refractivity contribution in [2.24, 2.45) is 0 Å². The molecule has 0 aliphatic carbocycles. The predicted molar refractivity (Wildman–Crippen MR) is 380 cm³/mol. The minimum Gasteiger partial charge on any atom is -0.477 e. The first-order valence-electron chi connectivity index (χ1n) is 39.2. The molecule has 14 N–H and O–H groups in total. The number of nitrogens with one attached hydrogen (secondary N) is 2. The van der Waals surface area contributed by atoms with Gasteiger partial charge in [-0.2, -0.15) is 0 Å². The Bertz CT molecular complexity index is 2080. The van der Waals surface area contributed by atoms with Gasteiger partial charge in [0.25, 0.3) is 5.79 Å². The zero-order valence-electron chi connectivity index (χ0n) is 61.1. The Morgan fingerprint density at radius 2 is 0.970 bits per heavy atom. The first-order chi connectivity index (χ1) is 47.9. The summed E-state index contributed by atoms with van der Waals surface area (Å²) in [6.07, 6.45) is 30.2. The van der Waals surface area contributed by atoms with E-state index in [1.165, 1.54) is 186 Å². The van der Waals surface area contributed by atoms with Crippen LogP contribution >= 0.6 is 0 Å². The summed E-state index contributed by atoms with van der Waals surface area (Å²) in [4.78, 5) is 38.7. The number of amides is 2. The molecule has 0 radical (unpaired) electrons. The van der Waals surface area contributed by atoms with Gasteiger partial charge >= 0.3 is 5.97 Å². The second-order valence-electron chi connectivity index (χ2n) is 28.6. The molecule has 3 aliphatic heterocycles. The highest BCUT2D eigenvalue weighted by Gasteiger charge is 2.60. The number of aliphatic carboxylic acids is 1. The minimum absolute atomic E-state index is 0.219. The molecule has 3 heterocycles. The molecular weight excluding hydrogens is 1280 g/mol. The van der Waals surface area contributed by atoms with Crippen molar-refractivity contribution >= 4 is 17.8 Å². The van der Waals surface area contributed by atoms with E-state index in [1.807, 2.05) is 0 Å². The Hall–Kier alpha value is -2.79. The lowest BCUT2D eigenvalue weighted by Crippen LogP contribution is -2.70. The Morgan fingerprint density at radius 1 is 0.525 bits per heavy atom. The van der Waals surface area contributed by atoms with E-state index in [2.05, 4.69) is 48.8 Å². The number of carbonyl (C=O) groups excluding carboxylic acids is 2. The second-order valence-corrected chi connectivity index (χ2v) is 28.6. The van der Waals surface area contributed by atoms with Crippen LogP contribution in [0.4, 0.5) is 0 Å². The number of unbranched alkanes of at least 4 members (excludes halogenated alkanes) is 37. The van der Waals surface area contributed by atoms with Gasteiger partial charge in [-0.3, -0.25) is 9.59 Å². The van der Waals surface area contributed by atoms with E-state index in [9.17, 15) is 75.7 Å². The summed E-state index contributed by atoms with van der Waals surface area (Å²) in [5, 5.41) is 136. The van der Waals surface area contributed by atoms with E-state index < -0.39 is 148 Å². The molecule has 580 valence electrons. The summed E-state index contributed by atoms with van der Waals surface area (Å²) in [6.45, 7) is 2.24. The van der Waals surface area contributed by atoms with Crippen molar-refractivity contribution in [3.05, 3.63) is 24.3 Å². The van der Waals surface area contributed by atoms with Gasteiger partial charge < -0.3 is 100 Å². The molecule has 3 rings (SSSR count). The summed E-state index contributed by atoms with van der Waals surface area (Å²) in [5.41, 5.74) is 0. The van der Waals surface area contributed by atoms with Crippen molar-refractivity contribution in [3.8, 4) is 0 Å². The van der Waals surface area contributed by atoms with E-state index in [0.29, 0.717) is 19.3 Å². The van der Waals surface area contributed by atoms with E-state index in [0.717, 1.165) is 71.1 Å². The Morgan fingerprint density at radius 3 is 1.41 bits per heavy atom. The molecule has 0 aromatic heterocycles. The number of aliphatic hydroxyl groups is 11. The normalized spacial score (nSPS) is 27.2. The molecular formula is C76H140N2O21. The molecule has 0 aromatic carbocycles. The zero-order chi connectivity index (χ0) is 72.5. The third kappa shape index (κ3) is 36.7. The van der Waals surface area contributed by atoms with Gasteiger partial charge in [-0.05, 0) is 44.9 Å². The number of rotatable bonds is 61. The van der Waals surface area contributed by atoms with Crippen LogP contribution in [0.15, 0.2) is 24.3 Å². The van der Waals surface area contributed by atoms with Crippen molar-refractivity contribution in [1.29, 1.82) is 0 Å². The molecule has 0 bridgehead atoms. The first-order valence-corrected chi connectivity index (χ1v) is 39.2.